The first-order valence-electron chi connectivity index (χ1n) is 8.37. The number of furan rings is 1. The number of anilines is 1. The maximum absolute atomic E-state index is 12.5. The number of amides is 2. The SMILES string of the molecule is COCc1cccc(NC(=O)C2CCN(C(=O)c3ccoc3)CC2)c1. The molecule has 1 N–H and O–H groups in total. The summed E-state index contributed by atoms with van der Waals surface area (Å²) in [4.78, 5) is 26.5. The number of ether oxygens (including phenoxy) is 1. The van der Waals surface area contributed by atoms with Gasteiger partial charge < -0.3 is 19.4 Å². The highest BCUT2D eigenvalue weighted by molar-refractivity contribution is 5.95. The Morgan fingerprint density at radius 2 is 2.08 bits per heavy atom. The van der Waals surface area contributed by atoms with E-state index in [1.54, 1.807) is 18.1 Å². The summed E-state index contributed by atoms with van der Waals surface area (Å²) in [6.07, 6.45) is 4.26. The van der Waals surface area contributed by atoms with Crippen molar-refractivity contribution in [1.29, 1.82) is 0 Å². The first kappa shape index (κ1) is 17.2. The molecule has 0 aliphatic carbocycles. The fraction of sp³-hybridized carbons (Fsp3) is 0.368. The summed E-state index contributed by atoms with van der Waals surface area (Å²) in [6.45, 7) is 1.66. The zero-order valence-corrected chi connectivity index (χ0v) is 14.2. The molecule has 0 unspecified atom stereocenters. The van der Waals surface area contributed by atoms with E-state index in [0.717, 1.165) is 11.3 Å². The molecule has 3 rings (SSSR count). The molecule has 1 aromatic carbocycles. The van der Waals surface area contributed by atoms with Crippen LogP contribution in [0.5, 0.6) is 0 Å². The van der Waals surface area contributed by atoms with Crippen LogP contribution in [0.4, 0.5) is 5.69 Å². The molecule has 6 nitrogen and oxygen atoms in total. The normalized spacial score (nSPS) is 15.2. The summed E-state index contributed by atoms with van der Waals surface area (Å²) in [7, 11) is 1.64. The van der Waals surface area contributed by atoms with Gasteiger partial charge in [0, 0.05) is 31.8 Å². The lowest BCUT2D eigenvalue weighted by atomic mass is 9.95. The maximum atomic E-state index is 12.5. The summed E-state index contributed by atoms with van der Waals surface area (Å²) >= 11 is 0. The van der Waals surface area contributed by atoms with Crippen molar-refractivity contribution in [2.45, 2.75) is 19.4 Å². The summed E-state index contributed by atoms with van der Waals surface area (Å²) in [5.41, 5.74) is 2.34. The molecule has 0 atom stereocenters. The van der Waals surface area contributed by atoms with E-state index < -0.39 is 0 Å². The smallest absolute Gasteiger partial charge is 0.257 e. The van der Waals surface area contributed by atoms with Crippen LogP contribution < -0.4 is 5.32 Å². The van der Waals surface area contributed by atoms with Crippen molar-refractivity contribution in [3.63, 3.8) is 0 Å². The van der Waals surface area contributed by atoms with Crippen LogP contribution in [-0.4, -0.2) is 36.9 Å². The van der Waals surface area contributed by atoms with Gasteiger partial charge in [-0.15, -0.1) is 0 Å². The Morgan fingerprint density at radius 3 is 2.76 bits per heavy atom. The number of hydrogen-bond donors (Lipinski definition) is 1. The minimum absolute atomic E-state index is 0.00461. The molecular weight excluding hydrogens is 320 g/mol. The Balaban J connectivity index is 1.53. The molecule has 25 heavy (non-hydrogen) atoms. The molecule has 1 aromatic heterocycles. The van der Waals surface area contributed by atoms with Gasteiger partial charge in [-0.1, -0.05) is 12.1 Å². The number of rotatable bonds is 5. The van der Waals surface area contributed by atoms with Crippen molar-refractivity contribution in [3.05, 3.63) is 54.0 Å². The largest absolute Gasteiger partial charge is 0.472 e. The molecule has 2 aromatic rings. The van der Waals surface area contributed by atoms with Gasteiger partial charge >= 0.3 is 0 Å². The molecule has 6 heteroatoms. The Labute approximate surface area is 146 Å². The molecule has 0 radical (unpaired) electrons. The second kappa shape index (κ2) is 7.98. The number of benzene rings is 1. The zero-order chi connectivity index (χ0) is 17.6. The lowest BCUT2D eigenvalue weighted by molar-refractivity contribution is -0.121. The molecule has 132 valence electrons. The zero-order valence-electron chi connectivity index (χ0n) is 14.2. The van der Waals surface area contributed by atoms with Crippen LogP contribution >= 0.6 is 0 Å². The third kappa shape index (κ3) is 4.28. The second-order valence-electron chi connectivity index (χ2n) is 6.20. The molecule has 0 saturated carbocycles. The second-order valence-corrected chi connectivity index (χ2v) is 6.20. The summed E-state index contributed by atoms with van der Waals surface area (Å²) in [6, 6.07) is 9.30. The van der Waals surface area contributed by atoms with E-state index in [4.69, 9.17) is 9.15 Å². The Kier molecular flexibility index (Phi) is 5.50. The van der Waals surface area contributed by atoms with E-state index >= 15 is 0 Å². The van der Waals surface area contributed by atoms with Gasteiger partial charge in [0.1, 0.15) is 6.26 Å². The van der Waals surface area contributed by atoms with Crippen molar-refractivity contribution in [3.8, 4) is 0 Å². The molecule has 1 fully saturated rings. The van der Waals surface area contributed by atoms with E-state index in [9.17, 15) is 9.59 Å². The summed E-state index contributed by atoms with van der Waals surface area (Å²) in [5, 5.41) is 2.97. The Morgan fingerprint density at radius 1 is 1.28 bits per heavy atom. The average molecular weight is 342 g/mol. The number of carbonyl (C=O) groups excluding carboxylic acids is 2. The predicted molar refractivity (Wildman–Crippen MR) is 93.1 cm³/mol. The molecule has 0 spiro atoms. The lowest BCUT2D eigenvalue weighted by Crippen LogP contribution is -2.41. The molecule has 2 amide bonds. The number of nitrogens with one attached hydrogen (secondary N) is 1. The Bertz CT molecular complexity index is 719. The number of likely N-dealkylation sites (tertiary alicyclic amines) is 1. The van der Waals surface area contributed by atoms with Crippen LogP contribution in [0.15, 0.2) is 47.3 Å². The highest BCUT2D eigenvalue weighted by Gasteiger charge is 2.28. The van der Waals surface area contributed by atoms with Gasteiger partial charge in [0.05, 0.1) is 18.4 Å². The van der Waals surface area contributed by atoms with Crippen LogP contribution in [0, 0.1) is 5.92 Å². The number of hydrogen-bond acceptors (Lipinski definition) is 4. The minimum Gasteiger partial charge on any atom is -0.472 e. The van der Waals surface area contributed by atoms with Crippen LogP contribution in [0.3, 0.4) is 0 Å². The monoisotopic (exact) mass is 342 g/mol. The summed E-state index contributed by atoms with van der Waals surface area (Å²) in [5.74, 6) is -0.121. The van der Waals surface area contributed by atoms with Crippen molar-refractivity contribution in [2.75, 3.05) is 25.5 Å². The van der Waals surface area contributed by atoms with Crippen LogP contribution in [0.2, 0.25) is 0 Å². The van der Waals surface area contributed by atoms with Gasteiger partial charge in [-0.3, -0.25) is 9.59 Å². The fourth-order valence-electron chi connectivity index (χ4n) is 3.06. The van der Waals surface area contributed by atoms with Crippen LogP contribution in [-0.2, 0) is 16.1 Å². The first-order chi connectivity index (χ1) is 12.2. The van der Waals surface area contributed by atoms with Gasteiger partial charge in [0.15, 0.2) is 0 Å². The van der Waals surface area contributed by atoms with E-state index in [-0.39, 0.29) is 17.7 Å². The topological polar surface area (TPSA) is 71.8 Å². The van der Waals surface area contributed by atoms with E-state index in [1.807, 2.05) is 24.3 Å². The van der Waals surface area contributed by atoms with Crippen LogP contribution in [0.1, 0.15) is 28.8 Å². The molecule has 2 heterocycles. The van der Waals surface area contributed by atoms with Crippen molar-refractivity contribution < 1.29 is 18.7 Å². The molecule has 1 aliphatic heterocycles. The van der Waals surface area contributed by atoms with Gasteiger partial charge in [-0.25, -0.2) is 0 Å². The van der Waals surface area contributed by atoms with E-state index in [2.05, 4.69) is 5.32 Å². The van der Waals surface area contributed by atoms with E-state index in [0.29, 0.717) is 38.1 Å². The van der Waals surface area contributed by atoms with Gasteiger partial charge in [-0.2, -0.15) is 0 Å². The predicted octanol–water partition coefficient (Wildman–Crippen LogP) is 2.92. The first-order valence-corrected chi connectivity index (χ1v) is 8.37. The maximum Gasteiger partial charge on any atom is 0.257 e. The number of methoxy groups -OCH3 is 1. The number of nitrogens with zero attached hydrogens (tertiary/aromatic N) is 1. The van der Waals surface area contributed by atoms with Gasteiger partial charge in [0.25, 0.3) is 5.91 Å². The molecule has 0 bridgehead atoms. The third-order valence-electron chi connectivity index (χ3n) is 4.43. The lowest BCUT2D eigenvalue weighted by Gasteiger charge is -2.31. The quantitative estimate of drug-likeness (QED) is 0.907. The van der Waals surface area contributed by atoms with Crippen molar-refractivity contribution in [1.82, 2.24) is 4.90 Å². The van der Waals surface area contributed by atoms with E-state index in [1.165, 1.54) is 12.5 Å². The number of piperidine rings is 1. The number of carbonyl (C=O) groups is 2. The van der Waals surface area contributed by atoms with Crippen molar-refractivity contribution in [2.24, 2.45) is 5.92 Å². The van der Waals surface area contributed by atoms with Gasteiger partial charge in [0.2, 0.25) is 5.91 Å². The van der Waals surface area contributed by atoms with Gasteiger partial charge in [-0.05, 0) is 36.6 Å². The Hall–Kier alpha value is -2.60. The highest BCUT2D eigenvalue weighted by Crippen LogP contribution is 2.21. The molecule has 1 aliphatic rings. The van der Waals surface area contributed by atoms with Crippen molar-refractivity contribution >= 4 is 17.5 Å². The summed E-state index contributed by atoms with van der Waals surface area (Å²) < 4.78 is 10.1. The highest BCUT2D eigenvalue weighted by atomic mass is 16.5. The fourth-order valence-corrected chi connectivity index (χ4v) is 3.06. The average Bonchev–Trinajstić information content (AvgIpc) is 3.16. The third-order valence-corrected chi connectivity index (χ3v) is 4.43. The van der Waals surface area contributed by atoms with Crippen LogP contribution in [0.25, 0.3) is 0 Å². The molecular formula is C19H22N2O4. The molecule has 1 saturated heterocycles. The standard InChI is InChI=1S/C19H22N2O4/c1-24-12-14-3-2-4-17(11-14)20-18(22)15-5-8-21(9-6-15)19(23)16-7-10-25-13-16/h2-4,7,10-11,13,15H,5-6,8-9,12H2,1H3,(H,20,22). The minimum atomic E-state index is -0.0838.